The minimum Gasteiger partial charge on any atom is -0.497 e. The minimum atomic E-state index is -0.339. The lowest BCUT2D eigenvalue weighted by atomic mass is 10.1. The molecule has 0 bridgehead atoms. The van der Waals surface area contributed by atoms with E-state index in [1.54, 1.807) is 44.6 Å². The number of aryl methyl sites for hydroxylation is 1. The third kappa shape index (κ3) is 4.13. The second kappa shape index (κ2) is 8.54. The van der Waals surface area contributed by atoms with Crippen molar-refractivity contribution in [3.05, 3.63) is 64.7 Å². The van der Waals surface area contributed by atoms with E-state index in [0.717, 1.165) is 17.0 Å². The van der Waals surface area contributed by atoms with Crippen molar-refractivity contribution in [2.45, 2.75) is 18.8 Å². The summed E-state index contributed by atoms with van der Waals surface area (Å²) in [6, 6.07) is 14.1. The van der Waals surface area contributed by atoms with Crippen LogP contribution in [0.2, 0.25) is 0 Å². The van der Waals surface area contributed by atoms with Crippen molar-refractivity contribution in [3.63, 3.8) is 0 Å². The summed E-state index contributed by atoms with van der Waals surface area (Å²) in [5.41, 5.74) is 1.93. The summed E-state index contributed by atoms with van der Waals surface area (Å²) in [7, 11) is 3.16. The first kappa shape index (κ1) is 19.9. The van der Waals surface area contributed by atoms with Crippen LogP contribution in [0.1, 0.15) is 33.3 Å². The van der Waals surface area contributed by atoms with Gasteiger partial charge >= 0.3 is 0 Å². The number of carbonyl (C=O) groups excluding carboxylic acids is 2. The maximum Gasteiger partial charge on any atom is 0.257 e. The van der Waals surface area contributed by atoms with Crippen LogP contribution in [0.15, 0.2) is 48.5 Å². The summed E-state index contributed by atoms with van der Waals surface area (Å²) < 4.78 is 10.3. The Morgan fingerprint density at radius 1 is 1.03 bits per heavy atom. The molecule has 0 spiro atoms. The van der Waals surface area contributed by atoms with Gasteiger partial charge in [0.2, 0.25) is 5.91 Å². The number of nitrogens with zero attached hydrogens (tertiary/aromatic N) is 1. The number of fused-ring (bicyclic) bond motifs is 1. The molecule has 154 valence electrons. The highest BCUT2D eigenvalue weighted by atomic mass is 32.1. The summed E-state index contributed by atoms with van der Waals surface area (Å²) in [5.74, 6) is 0.665. The van der Waals surface area contributed by atoms with Crippen LogP contribution in [0.25, 0.3) is 0 Å². The van der Waals surface area contributed by atoms with E-state index in [9.17, 15) is 9.59 Å². The Bertz CT molecular complexity index is 1080. The van der Waals surface area contributed by atoms with Crippen molar-refractivity contribution in [1.29, 1.82) is 0 Å². The number of hydrogen-bond donors (Lipinski definition) is 2. The predicted molar refractivity (Wildman–Crippen MR) is 116 cm³/mol. The summed E-state index contributed by atoms with van der Waals surface area (Å²) in [5, 5.41) is 6.26. The number of carbonyl (C=O) groups is 2. The van der Waals surface area contributed by atoms with Gasteiger partial charge in [0, 0.05) is 22.2 Å². The van der Waals surface area contributed by atoms with E-state index in [1.807, 2.05) is 18.2 Å². The second-order valence-corrected chi connectivity index (χ2v) is 7.91. The summed E-state index contributed by atoms with van der Waals surface area (Å²) in [6.45, 7) is 0. The predicted octanol–water partition coefficient (Wildman–Crippen LogP) is 4.08. The van der Waals surface area contributed by atoms with Gasteiger partial charge in [0.25, 0.3) is 5.91 Å². The Morgan fingerprint density at radius 3 is 2.53 bits per heavy atom. The van der Waals surface area contributed by atoms with E-state index >= 15 is 0 Å². The molecule has 3 aromatic rings. The number of benzene rings is 2. The van der Waals surface area contributed by atoms with Crippen LogP contribution in [0.4, 0.5) is 10.8 Å². The van der Waals surface area contributed by atoms with Gasteiger partial charge in [0.1, 0.15) is 11.5 Å². The van der Waals surface area contributed by atoms with Crippen LogP contribution in [-0.2, 0) is 11.2 Å². The molecular formula is C22H21N3O4S. The second-order valence-electron chi connectivity index (χ2n) is 6.82. The van der Waals surface area contributed by atoms with Gasteiger partial charge in [0.15, 0.2) is 5.13 Å². The Balaban J connectivity index is 1.44. The molecule has 2 amide bonds. The average molecular weight is 423 g/mol. The Morgan fingerprint density at radius 2 is 1.80 bits per heavy atom. The van der Waals surface area contributed by atoms with Gasteiger partial charge in [-0.3, -0.25) is 14.9 Å². The first-order valence-electron chi connectivity index (χ1n) is 9.47. The minimum absolute atomic E-state index is 0.111. The highest BCUT2D eigenvalue weighted by Crippen LogP contribution is 2.39. The lowest BCUT2D eigenvalue weighted by molar-refractivity contribution is -0.117. The summed E-state index contributed by atoms with van der Waals surface area (Å²) >= 11 is 1.42. The van der Waals surface area contributed by atoms with Crippen LogP contribution in [0.3, 0.4) is 0 Å². The molecule has 0 radical (unpaired) electrons. The normalized spacial score (nSPS) is 14.7. The Hall–Kier alpha value is -3.39. The quantitative estimate of drug-likeness (QED) is 0.624. The molecule has 8 heteroatoms. The molecule has 0 saturated heterocycles. The number of methoxy groups -OCH3 is 2. The SMILES string of the molecule is COc1ccc(C(=O)Nc2nc3c(s2)CCC3C(=O)Nc2cccc(OC)c2)cc1. The molecule has 0 fully saturated rings. The van der Waals surface area contributed by atoms with Crippen molar-refractivity contribution in [2.24, 2.45) is 0 Å². The van der Waals surface area contributed by atoms with E-state index in [-0.39, 0.29) is 17.7 Å². The fourth-order valence-corrected chi connectivity index (χ4v) is 4.41. The smallest absolute Gasteiger partial charge is 0.257 e. The fraction of sp³-hybridized carbons (Fsp3) is 0.227. The first-order valence-corrected chi connectivity index (χ1v) is 10.3. The maximum absolute atomic E-state index is 12.8. The number of ether oxygens (including phenoxy) is 2. The van der Waals surface area contributed by atoms with Gasteiger partial charge in [-0.2, -0.15) is 0 Å². The molecule has 2 aromatic carbocycles. The topological polar surface area (TPSA) is 89.5 Å². The molecule has 1 aromatic heterocycles. The third-order valence-corrected chi connectivity index (χ3v) is 5.99. The van der Waals surface area contributed by atoms with E-state index < -0.39 is 0 Å². The van der Waals surface area contributed by atoms with E-state index in [2.05, 4.69) is 15.6 Å². The van der Waals surface area contributed by atoms with Crippen molar-refractivity contribution in [2.75, 3.05) is 24.9 Å². The number of thiazole rings is 1. The summed E-state index contributed by atoms with van der Waals surface area (Å²) in [4.78, 5) is 30.9. The number of hydrogen-bond acceptors (Lipinski definition) is 6. The Kier molecular flexibility index (Phi) is 5.67. The number of aromatic nitrogens is 1. The van der Waals surface area contributed by atoms with Gasteiger partial charge in [0.05, 0.1) is 25.8 Å². The van der Waals surface area contributed by atoms with E-state index in [1.165, 1.54) is 11.3 Å². The van der Waals surface area contributed by atoms with Crippen LogP contribution in [0, 0.1) is 0 Å². The standard InChI is InChI=1S/C22H21N3O4S/c1-28-15-8-6-13(7-9-15)20(26)25-22-24-19-17(10-11-18(19)30-22)21(27)23-14-4-3-5-16(12-14)29-2/h3-9,12,17H,10-11H2,1-2H3,(H,23,27)(H,24,25,26). The zero-order valence-electron chi connectivity index (χ0n) is 16.6. The van der Waals surface area contributed by atoms with Gasteiger partial charge in [-0.25, -0.2) is 4.98 Å². The van der Waals surface area contributed by atoms with E-state index in [0.29, 0.717) is 34.3 Å². The lowest BCUT2D eigenvalue weighted by Crippen LogP contribution is -2.20. The third-order valence-electron chi connectivity index (χ3n) is 4.94. The molecule has 7 nitrogen and oxygen atoms in total. The van der Waals surface area contributed by atoms with Gasteiger partial charge in [-0.15, -0.1) is 11.3 Å². The fourth-order valence-electron chi connectivity index (χ4n) is 3.38. The van der Waals surface area contributed by atoms with Gasteiger partial charge < -0.3 is 14.8 Å². The average Bonchev–Trinajstić information content (AvgIpc) is 3.34. The van der Waals surface area contributed by atoms with Crippen molar-refractivity contribution in [1.82, 2.24) is 4.98 Å². The molecule has 1 heterocycles. The zero-order valence-corrected chi connectivity index (χ0v) is 17.4. The molecule has 1 aliphatic rings. The van der Waals surface area contributed by atoms with Crippen LogP contribution < -0.4 is 20.1 Å². The monoisotopic (exact) mass is 423 g/mol. The number of nitrogens with one attached hydrogen (secondary N) is 2. The molecular weight excluding hydrogens is 402 g/mol. The van der Waals surface area contributed by atoms with Crippen molar-refractivity contribution >= 4 is 34.0 Å². The maximum atomic E-state index is 12.8. The molecule has 1 unspecified atom stereocenters. The highest BCUT2D eigenvalue weighted by Gasteiger charge is 2.33. The number of amides is 2. The largest absolute Gasteiger partial charge is 0.497 e. The molecule has 0 aliphatic heterocycles. The molecule has 1 aliphatic carbocycles. The van der Waals surface area contributed by atoms with Crippen LogP contribution in [0.5, 0.6) is 11.5 Å². The van der Waals surface area contributed by atoms with Gasteiger partial charge in [-0.1, -0.05) is 6.07 Å². The molecule has 1 atom stereocenters. The first-order chi connectivity index (χ1) is 14.6. The molecule has 4 rings (SSSR count). The zero-order chi connectivity index (χ0) is 21.1. The van der Waals surface area contributed by atoms with Gasteiger partial charge in [-0.05, 0) is 49.2 Å². The van der Waals surface area contributed by atoms with Crippen molar-refractivity contribution < 1.29 is 19.1 Å². The van der Waals surface area contributed by atoms with Crippen LogP contribution >= 0.6 is 11.3 Å². The number of anilines is 2. The summed E-state index contributed by atoms with van der Waals surface area (Å²) in [6.07, 6.45) is 1.47. The molecule has 30 heavy (non-hydrogen) atoms. The Labute approximate surface area is 178 Å². The molecule has 2 N–H and O–H groups in total. The lowest BCUT2D eigenvalue weighted by Gasteiger charge is -2.11. The number of rotatable bonds is 6. The van der Waals surface area contributed by atoms with Crippen molar-refractivity contribution in [3.8, 4) is 11.5 Å². The van der Waals surface area contributed by atoms with Crippen LogP contribution in [-0.4, -0.2) is 31.0 Å². The highest BCUT2D eigenvalue weighted by molar-refractivity contribution is 7.16. The van der Waals surface area contributed by atoms with E-state index in [4.69, 9.17) is 9.47 Å². The molecule has 0 saturated carbocycles.